The predicted octanol–water partition coefficient (Wildman–Crippen LogP) is 2.13. The number of hydrogen-bond donors (Lipinski definition) is 2. The van der Waals surface area contributed by atoms with Crippen LogP contribution in [0, 0.1) is 0 Å². The van der Waals surface area contributed by atoms with Gasteiger partial charge in [-0.25, -0.2) is 4.98 Å². The molecule has 1 atom stereocenters. The van der Waals surface area contributed by atoms with Gasteiger partial charge in [-0.3, -0.25) is 0 Å². The van der Waals surface area contributed by atoms with Crippen LogP contribution < -0.4 is 15.2 Å². The molecule has 0 fully saturated rings. The number of H-pyrrole nitrogens is 1. The second-order valence-electron chi connectivity index (χ2n) is 4.53. The van der Waals surface area contributed by atoms with Crippen molar-refractivity contribution in [2.75, 3.05) is 13.2 Å². The van der Waals surface area contributed by atoms with Crippen molar-refractivity contribution in [1.82, 2.24) is 9.97 Å². The highest BCUT2D eigenvalue weighted by Gasteiger charge is 2.16. The summed E-state index contributed by atoms with van der Waals surface area (Å²) in [6, 6.07) is 3.79. The summed E-state index contributed by atoms with van der Waals surface area (Å²) < 4.78 is 11.1. The molecular weight excluding hydrogens is 230 g/mol. The number of imidazole rings is 1. The Labute approximate surface area is 105 Å². The minimum atomic E-state index is -0.0405. The monoisotopic (exact) mass is 247 g/mol. The van der Waals surface area contributed by atoms with Crippen molar-refractivity contribution in [2.24, 2.45) is 5.73 Å². The first-order chi connectivity index (χ1) is 8.78. The third-order valence-corrected chi connectivity index (χ3v) is 3.12. The third kappa shape index (κ3) is 1.90. The number of ether oxygens (including phenoxy) is 2. The summed E-state index contributed by atoms with van der Waals surface area (Å²) >= 11 is 0. The molecular formula is C13H17N3O2. The molecule has 0 saturated heterocycles. The van der Waals surface area contributed by atoms with Gasteiger partial charge in [-0.2, -0.15) is 0 Å². The molecule has 1 aromatic heterocycles. The normalized spacial score (nSPS) is 15.9. The maximum atomic E-state index is 6.07. The molecule has 0 radical (unpaired) electrons. The zero-order valence-electron chi connectivity index (χ0n) is 10.4. The Kier molecular flexibility index (Phi) is 2.83. The number of benzene rings is 1. The van der Waals surface area contributed by atoms with Gasteiger partial charge >= 0.3 is 0 Å². The lowest BCUT2D eigenvalue weighted by Crippen LogP contribution is -2.15. The van der Waals surface area contributed by atoms with Crippen LogP contribution in [0.15, 0.2) is 12.1 Å². The van der Waals surface area contributed by atoms with E-state index in [-0.39, 0.29) is 6.04 Å². The summed E-state index contributed by atoms with van der Waals surface area (Å²) in [7, 11) is 0. The van der Waals surface area contributed by atoms with Gasteiger partial charge in [0.05, 0.1) is 17.1 Å². The van der Waals surface area contributed by atoms with Crippen molar-refractivity contribution in [2.45, 2.75) is 25.8 Å². The van der Waals surface area contributed by atoms with Crippen molar-refractivity contribution in [1.29, 1.82) is 0 Å². The SMILES string of the molecule is CCCC(N)c1nc2cc3c(cc2[nH]1)OCCO3. The van der Waals surface area contributed by atoms with Crippen LogP contribution in [0.25, 0.3) is 11.0 Å². The average Bonchev–Trinajstić information content (AvgIpc) is 2.79. The summed E-state index contributed by atoms with van der Waals surface area (Å²) in [5, 5.41) is 0. The van der Waals surface area contributed by atoms with Gasteiger partial charge in [0.2, 0.25) is 0 Å². The van der Waals surface area contributed by atoms with E-state index in [9.17, 15) is 0 Å². The highest BCUT2D eigenvalue weighted by molar-refractivity contribution is 5.80. The predicted molar refractivity (Wildman–Crippen MR) is 68.9 cm³/mol. The fraction of sp³-hybridized carbons (Fsp3) is 0.462. The fourth-order valence-electron chi connectivity index (χ4n) is 2.19. The van der Waals surface area contributed by atoms with Crippen molar-refractivity contribution in [3.05, 3.63) is 18.0 Å². The topological polar surface area (TPSA) is 73.2 Å². The number of hydrogen-bond acceptors (Lipinski definition) is 4. The maximum Gasteiger partial charge on any atom is 0.163 e. The molecule has 1 aliphatic heterocycles. The second-order valence-corrected chi connectivity index (χ2v) is 4.53. The van der Waals surface area contributed by atoms with E-state index in [2.05, 4.69) is 16.9 Å². The first-order valence-electron chi connectivity index (χ1n) is 6.32. The number of aromatic amines is 1. The van der Waals surface area contributed by atoms with E-state index in [4.69, 9.17) is 15.2 Å². The van der Waals surface area contributed by atoms with E-state index >= 15 is 0 Å². The summed E-state index contributed by atoms with van der Waals surface area (Å²) in [6.07, 6.45) is 1.97. The van der Waals surface area contributed by atoms with Gasteiger partial charge in [-0.1, -0.05) is 13.3 Å². The minimum absolute atomic E-state index is 0.0405. The van der Waals surface area contributed by atoms with Gasteiger partial charge < -0.3 is 20.2 Å². The lowest BCUT2D eigenvalue weighted by atomic mass is 10.2. The molecule has 1 unspecified atom stereocenters. The number of nitrogens with two attached hydrogens (primary N) is 1. The molecule has 0 amide bonds. The molecule has 1 aromatic carbocycles. The number of fused-ring (bicyclic) bond motifs is 2. The van der Waals surface area contributed by atoms with Crippen LogP contribution >= 0.6 is 0 Å². The molecule has 5 heteroatoms. The lowest BCUT2D eigenvalue weighted by Gasteiger charge is -2.17. The first kappa shape index (κ1) is 11.3. The van der Waals surface area contributed by atoms with E-state index in [1.165, 1.54) is 0 Å². The number of nitrogens with zero attached hydrogens (tertiary/aromatic N) is 1. The van der Waals surface area contributed by atoms with E-state index in [0.717, 1.165) is 41.2 Å². The van der Waals surface area contributed by atoms with Crippen LogP contribution in [0.3, 0.4) is 0 Å². The van der Waals surface area contributed by atoms with Crippen molar-refractivity contribution < 1.29 is 9.47 Å². The summed E-state index contributed by atoms with van der Waals surface area (Å²) in [5.41, 5.74) is 7.89. The van der Waals surface area contributed by atoms with Gasteiger partial charge in [-0.05, 0) is 6.42 Å². The fourth-order valence-corrected chi connectivity index (χ4v) is 2.19. The largest absolute Gasteiger partial charge is 0.486 e. The molecule has 0 aliphatic carbocycles. The van der Waals surface area contributed by atoms with E-state index in [0.29, 0.717) is 13.2 Å². The highest BCUT2D eigenvalue weighted by atomic mass is 16.6. The van der Waals surface area contributed by atoms with E-state index in [1.807, 2.05) is 12.1 Å². The third-order valence-electron chi connectivity index (χ3n) is 3.12. The van der Waals surface area contributed by atoms with Crippen LogP contribution in [-0.4, -0.2) is 23.2 Å². The summed E-state index contributed by atoms with van der Waals surface area (Å²) in [5.74, 6) is 2.36. The Hall–Kier alpha value is -1.75. The lowest BCUT2D eigenvalue weighted by molar-refractivity contribution is 0.172. The Bertz CT molecular complexity index is 522. The number of aromatic nitrogens is 2. The molecule has 5 nitrogen and oxygen atoms in total. The zero-order chi connectivity index (χ0) is 12.5. The minimum Gasteiger partial charge on any atom is -0.486 e. The van der Waals surface area contributed by atoms with Crippen LogP contribution in [0.5, 0.6) is 11.5 Å². The van der Waals surface area contributed by atoms with Gasteiger partial charge in [0.1, 0.15) is 19.0 Å². The molecule has 1 aliphatic rings. The van der Waals surface area contributed by atoms with Crippen LogP contribution in [-0.2, 0) is 0 Å². The quantitative estimate of drug-likeness (QED) is 0.871. The Balaban J connectivity index is 2.01. The number of nitrogens with one attached hydrogen (secondary N) is 1. The molecule has 0 bridgehead atoms. The Morgan fingerprint density at radius 1 is 1.33 bits per heavy atom. The van der Waals surface area contributed by atoms with E-state index in [1.54, 1.807) is 0 Å². The molecule has 3 rings (SSSR count). The van der Waals surface area contributed by atoms with Crippen LogP contribution in [0.2, 0.25) is 0 Å². The maximum absolute atomic E-state index is 6.07. The summed E-state index contributed by atoms with van der Waals surface area (Å²) in [6.45, 7) is 3.29. The zero-order valence-corrected chi connectivity index (χ0v) is 10.4. The molecule has 18 heavy (non-hydrogen) atoms. The number of rotatable bonds is 3. The molecule has 2 aromatic rings. The molecule has 3 N–H and O–H groups in total. The summed E-state index contributed by atoms with van der Waals surface area (Å²) in [4.78, 5) is 7.78. The average molecular weight is 247 g/mol. The standard InChI is InChI=1S/C13H17N3O2/c1-2-3-8(14)13-15-9-6-11-12(7-10(9)16-13)18-5-4-17-11/h6-8H,2-5,14H2,1H3,(H,15,16). The van der Waals surface area contributed by atoms with Crippen molar-refractivity contribution in [3.63, 3.8) is 0 Å². The molecule has 0 spiro atoms. The Morgan fingerprint density at radius 2 is 2.06 bits per heavy atom. The van der Waals surface area contributed by atoms with Gasteiger partial charge in [0.15, 0.2) is 11.5 Å². The van der Waals surface area contributed by atoms with Gasteiger partial charge in [-0.15, -0.1) is 0 Å². The smallest absolute Gasteiger partial charge is 0.163 e. The molecule has 96 valence electrons. The van der Waals surface area contributed by atoms with Crippen LogP contribution in [0.1, 0.15) is 31.6 Å². The Morgan fingerprint density at radius 3 is 2.78 bits per heavy atom. The molecule has 2 heterocycles. The van der Waals surface area contributed by atoms with E-state index < -0.39 is 0 Å². The van der Waals surface area contributed by atoms with Crippen molar-refractivity contribution in [3.8, 4) is 11.5 Å². The molecule has 0 saturated carbocycles. The second kappa shape index (κ2) is 4.49. The highest BCUT2D eigenvalue weighted by Crippen LogP contribution is 2.34. The van der Waals surface area contributed by atoms with Crippen LogP contribution in [0.4, 0.5) is 0 Å². The first-order valence-corrected chi connectivity index (χ1v) is 6.32. The van der Waals surface area contributed by atoms with Gasteiger partial charge in [0, 0.05) is 12.1 Å². The van der Waals surface area contributed by atoms with Gasteiger partial charge in [0.25, 0.3) is 0 Å². The van der Waals surface area contributed by atoms with Crippen molar-refractivity contribution >= 4 is 11.0 Å².